The maximum absolute atomic E-state index is 12.3. The van der Waals surface area contributed by atoms with Gasteiger partial charge in [0.15, 0.2) is 5.82 Å². The van der Waals surface area contributed by atoms with E-state index in [0.29, 0.717) is 11.3 Å². The number of anilines is 1. The van der Waals surface area contributed by atoms with Crippen molar-refractivity contribution in [2.45, 2.75) is 13.3 Å². The summed E-state index contributed by atoms with van der Waals surface area (Å²) in [6, 6.07) is 6.49. The number of nitrogens with zero attached hydrogens (tertiary/aromatic N) is 3. The van der Waals surface area contributed by atoms with E-state index >= 15 is 0 Å². The zero-order chi connectivity index (χ0) is 16.1. The summed E-state index contributed by atoms with van der Waals surface area (Å²) in [7, 11) is 1.54. The number of hydrogen-bond donors (Lipinski definition) is 1. The average Bonchev–Trinajstić information content (AvgIpc) is 2.87. The lowest BCUT2D eigenvalue weighted by molar-refractivity contribution is -0.142. The van der Waals surface area contributed by atoms with Crippen LogP contribution in [0.2, 0.25) is 0 Å². The molecule has 8 nitrogen and oxygen atoms in total. The summed E-state index contributed by atoms with van der Waals surface area (Å²) in [6.45, 7) is 1.96. The molecular formula is C14H16N4O4. The number of nitrogens with two attached hydrogens (primary N) is 1. The third-order valence-corrected chi connectivity index (χ3v) is 2.81. The van der Waals surface area contributed by atoms with Crippen molar-refractivity contribution in [3.8, 4) is 5.75 Å². The van der Waals surface area contributed by atoms with Crippen LogP contribution in [0.4, 0.5) is 5.95 Å². The van der Waals surface area contributed by atoms with Crippen molar-refractivity contribution < 1.29 is 19.1 Å². The summed E-state index contributed by atoms with van der Waals surface area (Å²) in [5, 5.41) is 3.95. The van der Waals surface area contributed by atoms with E-state index in [0.717, 1.165) is 4.68 Å². The smallest absolute Gasteiger partial charge is 0.313 e. The Balaban J connectivity index is 2.18. The topological polar surface area (TPSA) is 109 Å². The van der Waals surface area contributed by atoms with Crippen molar-refractivity contribution in [1.29, 1.82) is 0 Å². The van der Waals surface area contributed by atoms with Gasteiger partial charge in [-0.25, -0.2) is 0 Å². The number of esters is 1. The predicted molar refractivity (Wildman–Crippen MR) is 77.5 cm³/mol. The fourth-order valence-corrected chi connectivity index (χ4v) is 1.79. The average molecular weight is 304 g/mol. The highest BCUT2D eigenvalue weighted by molar-refractivity contribution is 5.96. The Hall–Kier alpha value is -2.90. The minimum Gasteiger partial charge on any atom is -0.497 e. The molecule has 1 aromatic heterocycles. The first-order valence-electron chi connectivity index (χ1n) is 6.61. The highest BCUT2D eigenvalue weighted by atomic mass is 16.5. The number of aromatic nitrogens is 3. The van der Waals surface area contributed by atoms with E-state index < -0.39 is 11.9 Å². The van der Waals surface area contributed by atoms with Crippen LogP contribution in [0.5, 0.6) is 5.75 Å². The molecule has 2 N–H and O–H groups in total. The Morgan fingerprint density at radius 3 is 2.55 bits per heavy atom. The van der Waals surface area contributed by atoms with Crippen LogP contribution in [0, 0.1) is 0 Å². The van der Waals surface area contributed by atoms with Gasteiger partial charge < -0.3 is 15.2 Å². The molecule has 0 atom stereocenters. The maximum Gasteiger partial charge on any atom is 0.313 e. The van der Waals surface area contributed by atoms with Gasteiger partial charge in [0.1, 0.15) is 12.2 Å². The summed E-state index contributed by atoms with van der Waals surface area (Å²) in [6.07, 6.45) is -0.138. The molecule has 0 unspecified atom stereocenters. The molecule has 2 rings (SSSR count). The molecule has 0 amide bonds. The van der Waals surface area contributed by atoms with Crippen molar-refractivity contribution in [3.05, 3.63) is 35.7 Å². The van der Waals surface area contributed by atoms with Gasteiger partial charge in [-0.05, 0) is 31.2 Å². The number of methoxy groups -OCH3 is 1. The van der Waals surface area contributed by atoms with Crippen molar-refractivity contribution in [1.82, 2.24) is 14.8 Å². The molecule has 0 aliphatic rings. The zero-order valence-electron chi connectivity index (χ0n) is 12.3. The molecule has 1 aromatic carbocycles. The van der Waals surface area contributed by atoms with Crippen LogP contribution in [0.25, 0.3) is 0 Å². The minimum absolute atomic E-state index is 0.0832. The Morgan fingerprint density at radius 1 is 1.27 bits per heavy atom. The molecular weight excluding hydrogens is 288 g/mol. The highest BCUT2D eigenvalue weighted by Gasteiger charge is 2.18. The van der Waals surface area contributed by atoms with E-state index in [2.05, 4.69) is 10.1 Å². The monoisotopic (exact) mass is 304 g/mol. The normalized spacial score (nSPS) is 10.3. The summed E-state index contributed by atoms with van der Waals surface area (Å²) in [5.41, 5.74) is 6.05. The van der Waals surface area contributed by atoms with Gasteiger partial charge in [0.25, 0.3) is 5.91 Å². The number of benzene rings is 1. The van der Waals surface area contributed by atoms with Gasteiger partial charge in [-0.3, -0.25) is 9.59 Å². The molecule has 0 saturated carbocycles. The van der Waals surface area contributed by atoms with Gasteiger partial charge in [0.2, 0.25) is 5.95 Å². The second-order valence-corrected chi connectivity index (χ2v) is 4.31. The molecule has 22 heavy (non-hydrogen) atoms. The van der Waals surface area contributed by atoms with Crippen molar-refractivity contribution in [3.63, 3.8) is 0 Å². The molecule has 0 fully saturated rings. The van der Waals surface area contributed by atoms with Gasteiger partial charge in [-0.1, -0.05) is 0 Å². The lowest BCUT2D eigenvalue weighted by Gasteiger charge is -2.03. The lowest BCUT2D eigenvalue weighted by atomic mass is 10.2. The maximum atomic E-state index is 12.3. The lowest BCUT2D eigenvalue weighted by Crippen LogP contribution is -2.16. The highest BCUT2D eigenvalue weighted by Crippen LogP contribution is 2.13. The Labute approximate surface area is 126 Å². The molecule has 0 saturated heterocycles. The summed E-state index contributed by atoms with van der Waals surface area (Å²) in [4.78, 5) is 27.6. The largest absolute Gasteiger partial charge is 0.497 e. The number of carbonyl (C=O) groups is 2. The molecule has 0 bridgehead atoms. The first-order chi connectivity index (χ1) is 10.5. The first kappa shape index (κ1) is 15.5. The fraction of sp³-hybridized carbons (Fsp3) is 0.286. The van der Waals surface area contributed by atoms with Crippen LogP contribution in [-0.2, 0) is 16.0 Å². The minimum atomic E-state index is -0.475. The van der Waals surface area contributed by atoms with Gasteiger partial charge >= 0.3 is 5.97 Å². The Morgan fingerprint density at radius 2 is 1.95 bits per heavy atom. The van der Waals surface area contributed by atoms with E-state index in [1.807, 2.05) is 0 Å². The summed E-state index contributed by atoms with van der Waals surface area (Å²) in [5.74, 6) is -0.233. The standard InChI is InChI=1S/C14H16N4O4/c1-3-22-12(19)8-11-16-14(15)18(17-11)13(20)9-4-6-10(21-2)7-5-9/h4-7H,3,8H2,1-2H3,(H2,15,16,17). The van der Waals surface area contributed by atoms with E-state index in [1.165, 1.54) is 7.11 Å². The van der Waals surface area contributed by atoms with Gasteiger partial charge in [-0.15, -0.1) is 5.10 Å². The van der Waals surface area contributed by atoms with Gasteiger partial charge in [-0.2, -0.15) is 9.67 Å². The van der Waals surface area contributed by atoms with Gasteiger partial charge in [0.05, 0.1) is 13.7 Å². The van der Waals surface area contributed by atoms with Crippen LogP contribution in [0.15, 0.2) is 24.3 Å². The Bertz CT molecular complexity index is 679. The molecule has 116 valence electrons. The molecule has 0 spiro atoms. The molecule has 0 aliphatic carbocycles. The van der Waals surface area contributed by atoms with Crippen LogP contribution in [-0.4, -0.2) is 40.4 Å². The third-order valence-electron chi connectivity index (χ3n) is 2.81. The molecule has 1 heterocycles. The van der Waals surface area contributed by atoms with Crippen LogP contribution in [0.3, 0.4) is 0 Å². The number of nitrogen functional groups attached to an aromatic ring is 1. The summed E-state index contributed by atoms with van der Waals surface area (Å²) >= 11 is 0. The first-order valence-corrected chi connectivity index (χ1v) is 6.61. The SMILES string of the molecule is CCOC(=O)Cc1nc(N)n(C(=O)c2ccc(OC)cc2)n1. The Kier molecular flexibility index (Phi) is 4.72. The molecule has 8 heteroatoms. The second kappa shape index (κ2) is 6.70. The van der Waals surface area contributed by atoms with E-state index in [-0.39, 0.29) is 24.8 Å². The number of ether oxygens (including phenoxy) is 2. The predicted octanol–water partition coefficient (Wildman–Crippen LogP) is 0.663. The van der Waals surface area contributed by atoms with Crippen molar-refractivity contribution >= 4 is 17.8 Å². The third kappa shape index (κ3) is 3.40. The quantitative estimate of drug-likeness (QED) is 0.808. The zero-order valence-corrected chi connectivity index (χ0v) is 12.3. The van der Waals surface area contributed by atoms with E-state index in [1.54, 1.807) is 31.2 Å². The second-order valence-electron chi connectivity index (χ2n) is 4.31. The van der Waals surface area contributed by atoms with Gasteiger partial charge in [0, 0.05) is 5.56 Å². The van der Waals surface area contributed by atoms with E-state index in [4.69, 9.17) is 15.2 Å². The van der Waals surface area contributed by atoms with Crippen LogP contribution >= 0.6 is 0 Å². The fourth-order valence-electron chi connectivity index (χ4n) is 1.79. The molecule has 0 radical (unpaired) electrons. The molecule has 0 aliphatic heterocycles. The van der Waals surface area contributed by atoms with Crippen molar-refractivity contribution in [2.75, 3.05) is 19.5 Å². The number of rotatable bonds is 5. The van der Waals surface area contributed by atoms with Crippen LogP contribution in [0.1, 0.15) is 23.1 Å². The summed E-state index contributed by atoms with van der Waals surface area (Å²) < 4.78 is 10.8. The van der Waals surface area contributed by atoms with E-state index in [9.17, 15) is 9.59 Å². The number of carbonyl (C=O) groups excluding carboxylic acids is 2. The van der Waals surface area contributed by atoms with Crippen molar-refractivity contribution in [2.24, 2.45) is 0 Å². The number of hydrogen-bond acceptors (Lipinski definition) is 7. The molecule has 2 aromatic rings. The van der Waals surface area contributed by atoms with Crippen LogP contribution < -0.4 is 10.5 Å².